The van der Waals surface area contributed by atoms with Crippen molar-refractivity contribution in [3.05, 3.63) is 12.7 Å². The highest BCUT2D eigenvalue weighted by Gasteiger charge is 2.14. The second-order valence-electron chi connectivity index (χ2n) is 2.59. The van der Waals surface area contributed by atoms with Crippen molar-refractivity contribution in [3.8, 4) is 0 Å². The fourth-order valence-corrected chi connectivity index (χ4v) is 0.856. The molecule has 12 heavy (non-hydrogen) atoms. The van der Waals surface area contributed by atoms with Crippen molar-refractivity contribution in [1.29, 1.82) is 0 Å². The van der Waals surface area contributed by atoms with Crippen molar-refractivity contribution in [3.63, 3.8) is 0 Å². The molecule has 0 spiro atoms. The van der Waals surface area contributed by atoms with Crippen molar-refractivity contribution >= 4 is 5.91 Å². The van der Waals surface area contributed by atoms with E-state index in [0.717, 1.165) is 0 Å². The molecule has 1 unspecified atom stereocenters. The molecule has 0 aromatic heterocycles. The van der Waals surface area contributed by atoms with E-state index in [1.54, 1.807) is 13.0 Å². The molecule has 0 heterocycles. The van der Waals surface area contributed by atoms with E-state index in [-0.39, 0.29) is 12.5 Å². The lowest BCUT2D eigenvalue weighted by Gasteiger charge is -2.21. The molecule has 0 aromatic carbocycles. The largest absolute Gasteiger partial charge is 0.395 e. The van der Waals surface area contributed by atoms with Gasteiger partial charge in [-0.2, -0.15) is 0 Å². The van der Waals surface area contributed by atoms with Gasteiger partial charge < -0.3 is 15.7 Å². The van der Waals surface area contributed by atoms with E-state index in [9.17, 15) is 4.79 Å². The van der Waals surface area contributed by atoms with Crippen LogP contribution in [0.25, 0.3) is 0 Å². The Morgan fingerprint density at radius 1 is 1.83 bits per heavy atom. The number of carbonyl (C=O) groups excluding carboxylic acids is 1. The Bertz CT molecular complexity index is 157. The molecule has 0 aromatic rings. The van der Waals surface area contributed by atoms with Crippen molar-refractivity contribution in [2.45, 2.75) is 13.0 Å². The zero-order valence-electron chi connectivity index (χ0n) is 7.36. The second kappa shape index (κ2) is 5.74. The minimum absolute atomic E-state index is 0.0493. The van der Waals surface area contributed by atoms with Crippen molar-refractivity contribution < 1.29 is 9.90 Å². The summed E-state index contributed by atoms with van der Waals surface area (Å²) in [6, 6.07) is -0.517. The van der Waals surface area contributed by atoms with Crippen LogP contribution < -0.4 is 5.73 Å². The van der Waals surface area contributed by atoms with Crippen LogP contribution in [-0.4, -0.2) is 41.7 Å². The maximum Gasteiger partial charge on any atom is 0.239 e. The molecule has 0 rings (SSSR count). The van der Waals surface area contributed by atoms with Crippen LogP contribution in [0.3, 0.4) is 0 Å². The standard InChI is InChI=1S/C8H16N2O2/c1-3-4-10(5-6-11)8(12)7(2)9/h3,7,11H,1,4-6,9H2,2H3. The van der Waals surface area contributed by atoms with Gasteiger partial charge in [0.15, 0.2) is 0 Å². The predicted molar refractivity (Wildman–Crippen MR) is 47.5 cm³/mol. The molecule has 0 saturated heterocycles. The summed E-state index contributed by atoms with van der Waals surface area (Å²) in [5.41, 5.74) is 5.39. The van der Waals surface area contributed by atoms with Gasteiger partial charge in [-0.1, -0.05) is 6.08 Å². The normalized spacial score (nSPS) is 12.2. The molecule has 0 aliphatic heterocycles. The van der Waals surface area contributed by atoms with Crippen LogP contribution in [0.5, 0.6) is 0 Å². The van der Waals surface area contributed by atoms with Gasteiger partial charge in [-0.05, 0) is 6.92 Å². The zero-order valence-corrected chi connectivity index (χ0v) is 7.36. The molecular weight excluding hydrogens is 156 g/mol. The van der Waals surface area contributed by atoms with Crippen LogP contribution in [0.1, 0.15) is 6.92 Å². The van der Waals surface area contributed by atoms with Gasteiger partial charge in [0.05, 0.1) is 12.6 Å². The first-order valence-electron chi connectivity index (χ1n) is 3.89. The average Bonchev–Trinajstić information content (AvgIpc) is 2.03. The quantitative estimate of drug-likeness (QED) is 0.541. The summed E-state index contributed by atoms with van der Waals surface area (Å²) < 4.78 is 0. The Labute approximate surface area is 72.7 Å². The number of carbonyl (C=O) groups is 1. The first-order chi connectivity index (χ1) is 5.63. The number of aliphatic hydroxyl groups excluding tert-OH is 1. The highest BCUT2D eigenvalue weighted by atomic mass is 16.3. The summed E-state index contributed by atoms with van der Waals surface area (Å²) in [5.74, 6) is -0.163. The number of nitrogens with two attached hydrogens (primary N) is 1. The fraction of sp³-hybridized carbons (Fsp3) is 0.625. The lowest BCUT2D eigenvalue weighted by Crippen LogP contribution is -2.43. The third kappa shape index (κ3) is 3.50. The molecule has 4 nitrogen and oxygen atoms in total. The summed E-state index contributed by atoms with van der Waals surface area (Å²) in [6.07, 6.45) is 1.61. The lowest BCUT2D eigenvalue weighted by atomic mass is 10.3. The molecule has 4 heteroatoms. The molecule has 0 aliphatic carbocycles. The smallest absolute Gasteiger partial charge is 0.239 e. The van der Waals surface area contributed by atoms with Crippen LogP contribution in [0.2, 0.25) is 0 Å². The molecule has 3 N–H and O–H groups in total. The topological polar surface area (TPSA) is 66.6 Å². The predicted octanol–water partition coefficient (Wildman–Crippen LogP) is -0.659. The number of nitrogens with zero attached hydrogens (tertiary/aromatic N) is 1. The number of hydrogen-bond donors (Lipinski definition) is 2. The Kier molecular flexibility index (Phi) is 5.32. The first kappa shape index (κ1) is 11.1. The van der Waals surface area contributed by atoms with Crippen LogP contribution in [0.15, 0.2) is 12.7 Å². The van der Waals surface area contributed by atoms with Gasteiger partial charge in [0.2, 0.25) is 5.91 Å². The number of rotatable bonds is 5. The highest BCUT2D eigenvalue weighted by molar-refractivity contribution is 5.81. The molecule has 1 amide bonds. The van der Waals surface area contributed by atoms with Gasteiger partial charge in [0.25, 0.3) is 0 Å². The van der Waals surface area contributed by atoms with Gasteiger partial charge in [0.1, 0.15) is 0 Å². The molecule has 1 atom stereocenters. The van der Waals surface area contributed by atoms with E-state index in [1.807, 2.05) is 0 Å². The van der Waals surface area contributed by atoms with Crippen LogP contribution >= 0.6 is 0 Å². The maximum absolute atomic E-state index is 11.3. The van der Waals surface area contributed by atoms with Gasteiger partial charge in [0, 0.05) is 13.1 Å². The third-order valence-electron chi connectivity index (χ3n) is 1.42. The maximum atomic E-state index is 11.3. The van der Waals surface area contributed by atoms with E-state index >= 15 is 0 Å². The second-order valence-corrected chi connectivity index (χ2v) is 2.59. The van der Waals surface area contributed by atoms with E-state index in [2.05, 4.69) is 6.58 Å². The van der Waals surface area contributed by atoms with Crippen molar-refractivity contribution in [1.82, 2.24) is 4.90 Å². The van der Waals surface area contributed by atoms with Crippen molar-refractivity contribution in [2.24, 2.45) is 5.73 Å². The van der Waals surface area contributed by atoms with Gasteiger partial charge in [-0.3, -0.25) is 4.79 Å². The molecule has 0 fully saturated rings. The summed E-state index contributed by atoms with van der Waals surface area (Å²) in [6.45, 7) is 5.82. The van der Waals surface area contributed by atoms with E-state index in [1.165, 1.54) is 4.90 Å². The Balaban J connectivity index is 4.08. The molecule has 70 valence electrons. The summed E-state index contributed by atoms with van der Waals surface area (Å²) in [5, 5.41) is 8.62. The van der Waals surface area contributed by atoms with Crippen LogP contribution in [0, 0.1) is 0 Å². The Morgan fingerprint density at radius 2 is 2.42 bits per heavy atom. The van der Waals surface area contributed by atoms with E-state index in [0.29, 0.717) is 13.1 Å². The number of hydrogen-bond acceptors (Lipinski definition) is 3. The van der Waals surface area contributed by atoms with E-state index < -0.39 is 6.04 Å². The molecule has 0 bridgehead atoms. The summed E-state index contributed by atoms with van der Waals surface area (Å²) in [4.78, 5) is 12.7. The van der Waals surface area contributed by atoms with E-state index in [4.69, 9.17) is 10.8 Å². The van der Waals surface area contributed by atoms with Crippen molar-refractivity contribution in [2.75, 3.05) is 19.7 Å². The molecule has 0 saturated carbocycles. The average molecular weight is 172 g/mol. The monoisotopic (exact) mass is 172 g/mol. The Hall–Kier alpha value is -0.870. The minimum Gasteiger partial charge on any atom is -0.395 e. The number of aliphatic hydroxyl groups is 1. The zero-order chi connectivity index (χ0) is 9.56. The highest BCUT2D eigenvalue weighted by Crippen LogP contribution is 1.92. The van der Waals surface area contributed by atoms with Crippen LogP contribution in [0.4, 0.5) is 0 Å². The molecular formula is C8H16N2O2. The van der Waals surface area contributed by atoms with Gasteiger partial charge >= 0.3 is 0 Å². The third-order valence-corrected chi connectivity index (χ3v) is 1.42. The minimum atomic E-state index is -0.517. The number of amides is 1. The molecule has 0 radical (unpaired) electrons. The summed E-state index contributed by atoms with van der Waals surface area (Å²) >= 11 is 0. The van der Waals surface area contributed by atoms with Gasteiger partial charge in [-0.25, -0.2) is 0 Å². The lowest BCUT2D eigenvalue weighted by molar-refractivity contribution is -0.132. The summed E-state index contributed by atoms with van der Waals surface area (Å²) in [7, 11) is 0. The Morgan fingerprint density at radius 3 is 2.75 bits per heavy atom. The molecule has 0 aliphatic rings. The SMILES string of the molecule is C=CCN(CCO)C(=O)C(C)N. The fourth-order valence-electron chi connectivity index (χ4n) is 0.856. The first-order valence-corrected chi connectivity index (χ1v) is 3.89. The van der Waals surface area contributed by atoms with Gasteiger partial charge in [-0.15, -0.1) is 6.58 Å². The van der Waals surface area contributed by atoms with Crippen LogP contribution in [-0.2, 0) is 4.79 Å².